The predicted molar refractivity (Wildman–Crippen MR) is 87.0 cm³/mol. The van der Waals surface area contributed by atoms with Crippen molar-refractivity contribution in [3.8, 4) is 11.3 Å². The third-order valence-corrected chi connectivity index (χ3v) is 3.97. The largest absolute Gasteiger partial charge is 0.448 e. The molecule has 0 radical (unpaired) electrons. The average molecular weight is 357 g/mol. The molecule has 0 bridgehead atoms. The maximum Gasteiger partial charge on any atom is 0.414 e. The van der Waals surface area contributed by atoms with Crippen LogP contribution in [-0.4, -0.2) is 33.2 Å². The Morgan fingerprint density at radius 3 is 2.86 bits per heavy atom. The number of alkyl halides is 1. The summed E-state index contributed by atoms with van der Waals surface area (Å²) in [5.74, 6) is 0.418. The Balaban J connectivity index is 1.85. The van der Waals surface area contributed by atoms with Gasteiger partial charge < -0.3 is 4.74 Å². The van der Waals surface area contributed by atoms with Crippen molar-refractivity contribution in [3.05, 3.63) is 34.7 Å². The highest BCUT2D eigenvalue weighted by Crippen LogP contribution is 2.26. The molecule has 0 saturated carbocycles. The number of fused-ring (bicyclic) bond motifs is 1. The lowest BCUT2D eigenvalue weighted by Gasteiger charge is -2.01. The summed E-state index contributed by atoms with van der Waals surface area (Å²) in [6.07, 6.45) is -0.632. The summed E-state index contributed by atoms with van der Waals surface area (Å²) in [6, 6.07) is 7.40. The molecule has 1 aromatic carbocycles. The zero-order chi connectivity index (χ0) is 15.5. The van der Waals surface area contributed by atoms with Crippen molar-refractivity contribution in [1.29, 1.82) is 0 Å². The molecule has 0 spiro atoms. The van der Waals surface area contributed by atoms with Crippen molar-refractivity contribution in [1.82, 2.24) is 14.6 Å². The lowest BCUT2D eigenvalue weighted by molar-refractivity contribution is 0.168. The molecule has 1 amide bonds. The standard InChI is InChI=1S/C13H10Cl2N4O2S/c14-5-6-21-13(20)17-11-16-12-19(18-11)10(7-22-12)8-1-3-9(15)4-2-8/h1-4,7H,5-6H2,(H,17,18,20). The Morgan fingerprint density at radius 2 is 2.14 bits per heavy atom. The van der Waals surface area contributed by atoms with Crippen LogP contribution in [0.2, 0.25) is 5.02 Å². The molecular formula is C13H10Cl2N4O2S. The Labute approximate surface area is 139 Å². The van der Waals surface area contributed by atoms with E-state index in [4.69, 9.17) is 27.9 Å². The summed E-state index contributed by atoms with van der Waals surface area (Å²) in [7, 11) is 0. The monoisotopic (exact) mass is 356 g/mol. The van der Waals surface area contributed by atoms with Crippen molar-refractivity contribution in [3.63, 3.8) is 0 Å². The van der Waals surface area contributed by atoms with E-state index in [1.54, 1.807) is 16.6 Å². The predicted octanol–water partition coefficient (Wildman–Crippen LogP) is 3.90. The van der Waals surface area contributed by atoms with Crippen LogP contribution in [0.4, 0.5) is 10.7 Å². The molecule has 2 aromatic heterocycles. The quantitative estimate of drug-likeness (QED) is 0.719. The van der Waals surface area contributed by atoms with Gasteiger partial charge in [-0.2, -0.15) is 4.98 Å². The number of ether oxygens (including phenoxy) is 1. The van der Waals surface area contributed by atoms with Crippen LogP contribution >= 0.6 is 34.5 Å². The fourth-order valence-corrected chi connectivity index (χ4v) is 2.85. The summed E-state index contributed by atoms with van der Waals surface area (Å²) in [5, 5.41) is 9.32. The lowest BCUT2D eigenvalue weighted by atomic mass is 10.2. The summed E-state index contributed by atoms with van der Waals surface area (Å²) >= 11 is 12.8. The van der Waals surface area contributed by atoms with Crippen LogP contribution in [-0.2, 0) is 4.74 Å². The summed E-state index contributed by atoms with van der Waals surface area (Å²) in [6.45, 7) is 0.131. The van der Waals surface area contributed by atoms with Crippen molar-refractivity contribution in [2.24, 2.45) is 0 Å². The van der Waals surface area contributed by atoms with Gasteiger partial charge in [-0.3, -0.25) is 5.32 Å². The number of nitrogens with zero attached hydrogens (tertiary/aromatic N) is 3. The topological polar surface area (TPSA) is 68.5 Å². The van der Waals surface area contributed by atoms with Gasteiger partial charge in [0.15, 0.2) is 0 Å². The van der Waals surface area contributed by atoms with Crippen LogP contribution in [0.1, 0.15) is 0 Å². The molecule has 0 fully saturated rings. The smallest absolute Gasteiger partial charge is 0.414 e. The maximum atomic E-state index is 11.5. The average Bonchev–Trinajstić information content (AvgIpc) is 3.06. The van der Waals surface area contributed by atoms with E-state index in [-0.39, 0.29) is 18.4 Å². The third kappa shape index (κ3) is 3.16. The highest BCUT2D eigenvalue weighted by atomic mass is 35.5. The fourth-order valence-electron chi connectivity index (χ4n) is 1.81. The molecule has 0 aliphatic carbocycles. The first-order valence-electron chi connectivity index (χ1n) is 6.27. The highest BCUT2D eigenvalue weighted by molar-refractivity contribution is 7.15. The number of amides is 1. The van der Waals surface area contributed by atoms with Crippen LogP contribution in [0.25, 0.3) is 16.2 Å². The van der Waals surface area contributed by atoms with Crippen LogP contribution in [0.3, 0.4) is 0 Å². The first kappa shape index (κ1) is 15.1. The van der Waals surface area contributed by atoms with Gasteiger partial charge in [-0.05, 0) is 12.1 Å². The van der Waals surface area contributed by atoms with Gasteiger partial charge in [0.1, 0.15) is 6.61 Å². The molecule has 3 rings (SSSR count). The van der Waals surface area contributed by atoms with Gasteiger partial charge in [-0.25, -0.2) is 9.31 Å². The fraction of sp³-hybridized carbons (Fsp3) is 0.154. The summed E-state index contributed by atoms with van der Waals surface area (Å²) in [4.78, 5) is 16.4. The maximum absolute atomic E-state index is 11.5. The zero-order valence-corrected chi connectivity index (χ0v) is 13.5. The number of rotatable bonds is 4. The number of carbonyl (C=O) groups excluding carboxylic acids is 1. The number of thiazole rings is 1. The number of benzene rings is 1. The normalized spacial score (nSPS) is 10.8. The molecule has 0 aliphatic heterocycles. The number of aromatic nitrogens is 3. The van der Waals surface area contributed by atoms with Crippen molar-refractivity contribution >= 4 is 51.5 Å². The highest BCUT2D eigenvalue weighted by Gasteiger charge is 2.13. The van der Waals surface area contributed by atoms with Crippen LogP contribution in [0.15, 0.2) is 29.6 Å². The Kier molecular flexibility index (Phi) is 4.47. The molecule has 0 aliphatic rings. The van der Waals surface area contributed by atoms with Gasteiger partial charge in [0.05, 0.1) is 11.6 Å². The molecule has 0 unspecified atom stereocenters. The van der Waals surface area contributed by atoms with E-state index >= 15 is 0 Å². The minimum atomic E-state index is -0.632. The summed E-state index contributed by atoms with van der Waals surface area (Å²) < 4.78 is 6.47. The second kappa shape index (κ2) is 6.51. The molecule has 9 heteroatoms. The van der Waals surface area contributed by atoms with Gasteiger partial charge >= 0.3 is 6.09 Å². The first-order chi connectivity index (χ1) is 10.7. The number of carbonyl (C=O) groups is 1. The minimum Gasteiger partial charge on any atom is -0.448 e. The third-order valence-electron chi connectivity index (χ3n) is 2.75. The molecule has 6 nitrogen and oxygen atoms in total. The van der Waals surface area contributed by atoms with Crippen molar-refractivity contribution < 1.29 is 9.53 Å². The SMILES string of the molecule is O=C(Nc1nc2scc(-c3ccc(Cl)cc3)n2n1)OCCCl. The molecule has 114 valence electrons. The van der Waals surface area contributed by atoms with Crippen LogP contribution in [0.5, 0.6) is 0 Å². The zero-order valence-electron chi connectivity index (χ0n) is 11.1. The Hall–Kier alpha value is -1.83. The van der Waals surface area contributed by atoms with Gasteiger partial charge in [0, 0.05) is 16.0 Å². The molecule has 0 saturated heterocycles. The van der Waals surface area contributed by atoms with E-state index in [9.17, 15) is 4.79 Å². The van der Waals surface area contributed by atoms with Gasteiger partial charge in [-0.15, -0.1) is 28.0 Å². The second-order valence-corrected chi connectivity index (χ2v) is 5.86. The van der Waals surface area contributed by atoms with Crippen molar-refractivity contribution in [2.75, 3.05) is 17.8 Å². The Morgan fingerprint density at radius 1 is 1.36 bits per heavy atom. The van der Waals surface area contributed by atoms with E-state index in [1.807, 2.05) is 17.5 Å². The Bertz CT molecular complexity index is 800. The molecule has 3 aromatic rings. The second-order valence-electron chi connectivity index (χ2n) is 4.21. The van der Waals surface area contributed by atoms with Gasteiger partial charge in [0.25, 0.3) is 5.95 Å². The summed E-state index contributed by atoms with van der Waals surface area (Å²) in [5.41, 5.74) is 1.82. The number of anilines is 1. The van der Waals surface area contributed by atoms with E-state index in [0.29, 0.717) is 9.98 Å². The van der Waals surface area contributed by atoms with Gasteiger partial charge in [0.2, 0.25) is 4.96 Å². The van der Waals surface area contributed by atoms with E-state index in [1.165, 1.54) is 11.3 Å². The van der Waals surface area contributed by atoms with Crippen LogP contribution in [0, 0.1) is 0 Å². The molecule has 2 heterocycles. The minimum absolute atomic E-state index is 0.131. The number of halogens is 2. The number of nitrogens with one attached hydrogen (secondary N) is 1. The molecule has 1 N–H and O–H groups in total. The van der Waals surface area contributed by atoms with E-state index < -0.39 is 6.09 Å². The van der Waals surface area contributed by atoms with Gasteiger partial charge in [-0.1, -0.05) is 23.7 Å². The number of hydrogen-bond donors (Lipinski definition) is 1. The molecule has 0 atom stereocenters. The molecular weight excluding hydrogens is 347 g/mol. The molecule has 22 heavy (non-hydrogen) atoms. The lowest BCUT2D eigenvalue weighted by Crippen LogP contribution is -2.15. The van der Waals surface area contributed by atoms with E-state index in [0.717, 1.165) is 11.3 Å². The first-order valence-corrected chi connectivity index (χ1v) is 8.06. The van der Waals surface area contributed by atoms with Crippen LogP contribution < -0.4 is 5.32 Å². The van der Waals surface area contributed by atoms with E-state index in [2.05, 4.69) is 15.4 Å². The van der Waals surface area contributed by atoms with Crippen molar-refractivity contribution in [2.45, 2.75) is 0 Å². The number of hydrogen-bond acceptors (Lipinski definition) is 5.